The highest BCUT2D eigenvalue weighted by Crippen LogP contribution is 2.31. The maximum atomic E-state index is 12.6. The number of hydrazine groups is 1. The summed E-state index contributed by atoms with van der Waals surface area (Å²) in [6.07, 6.45) is 0. The van der Waals surface area contributed by atoms with Crippen LogP contribution in [0.15, 0.2) is 18.2 Å². The summed E-state index contributed by atoms with van der Waals surface area (Å²) in [6, 6.07) is 5.06. The molecule has 4 nitrogen and oxygen atoms in total. The smallest absolute Gasteiger partial charge is 0.304 e. The van der Waals surface area contributed by atoms with Crippen LogP contribution in [0.25, 0.3) is 0 Å². The van der Waals surface area contributed by atoms with E-state index in [1.54, 1.807) is 18.2 Å². The van der Waals surface area contributed by atoms with Gasteiger partial charge in [0.25, 0.3) is 0 Å². The number of carbonyl (C=O) groups is 1. The lowest BCUT2D eigenvalue weighted by molar-refractivity contribution is 0.149. The molecule has 0 aromatic heterocycles. The highest BCUT2D eigenvalue weighted by Gasteiger charge is 2.43. The molecule has 1 heterocycles. The van der Waals surface area contributed by atoms with Crippen molar-refractivity contribution in [3.63, 3.8) is 0 Å². The van der Waals surface area contributed by atoms with Gasteiger partial charge in [-0.15, -0.1) is 0 Å². The van der Waals surface area contributed by atoms with Gasteiger partial charge in [0, 0.05) is 6.54 Å². The number of benzene rings is 1. The van der Waals surface area contributed by atoms with E-state index in [2.05, 4.69) is 19.3 Å². The van der Waals surface area contributed by atoms with Crippen molar-refractivity contribution in [1.82, 2.24) is 10.3 Å². The second-order valence-electron chi connectivity index (χ2n) is 5.89. The van der Waals surface area contributed by atoms with Gasteiger partial charge in [0.15, 0.2) is 0 Å². The summed E-state index contributed by atoms with van der Waals surface area (Å²) in [6.45, 7) is 8.82. The predicted octanol–water partition coefficient (Wildman–Crippen LogP) is 4.13. The molecule has 1 N–H and O–H groups in total. The van der Waals surface area contributed by atoms with Crippen molar-refractivity contribution in [1.29, 1.82) is 0 Å². The third kappa shape index (κ3) is 2.87. The van der Waals surface area contributed by atoms with E-state index in [9.17, 15) is 4.79 Å². The molecule has 6 heteroatoms. The fraction of sp³-hybridized carbons (Fsp3) is 0.500. The second-order valence-corrected chi connectivity index (χ2v) is 6.71. The van der Waals surface area contributed by atoms with Crippen molar-refractivity contribution >= 4 is 34.9 Å². The minimum absolute atomic E-state index is 0.0814. The minimum Gasteiger partial charge on any atom is -0.304 e. The van der Waals surface area contributed by atoms with Gasteiger partial charge in [0.1, 0.15) is 5.66 Å². The van der Waals surface area contributed by atoms with E-state index in [0.29, 0.717) is 28.2 Å². The van der Waals surface area contributed by atoms with E-state index in [4.69, 9.17) is 23.2 Å². The normalized spacial score (nSPS) is 18.2. The fourth-order valence-electron chi connectivity index (χ4n) is 2.21. The zero-order valence-corrected chi connectivity index (χ0v) is 13.6. The predicted molar refractivity (Wildman–Crippen MR) is 83.1 cm³/mol. The Kier molecular flexibility index (Phi) is 4.19. The second kappa shape index (κ2) is 5.43. The van der Waals surface area contributed by atoms with E-state index < -0.39 is 5.66 Å². The third-order valence-corrected chi connectivity index (χ3v) is 3.93. The Morgan fingerprint density at radius 1 is 1.25 bits per heavy atom. The summed E-state index contributed by atoms with van der Waals surface area (Å²) >= 11 is 11.9. The summed E-state index contributed by atoms with van der Waals surface area (Å²) in [5.74, 6) is 0.397. The molecule has 0 radical (unpaired) electrons. The van der Waals surface area contributed by atoms with Crippen LogP contribution in [0.5, 0.6) is 0 Å². The molecule has 1 aromatic carbocycles. The van der Waals surface area contributed by atoms with Crippen molar-refractivity contribution in [3.05, 3.63) is 28.2 Å². The van der Waals surface area contributed by atoms with E-state index >= 15 is 0 Å². The van der Waals surface area contributed by atoms with Crippen LogP contribution in [0.3, 0.4) is 0 Å². The zero-order chi connectivity index (χ0) is 15.1. The van der Waals surface area contributed by atoms with Crippen LogP contribution in [0.1, 0.15) is 27.7 Å². The quantitative estimate of drug-likeness (QED) is 0.910. The molecule has 110 valence electrons. The van der Waals surface area contributed by atoms with Gasteiger partial charge in [0.2, 0.25) is 0 Å². The van der Waals surface area contributed by atoms with Crippen LogP contribution in [0, 0.1) is 5.92 Å². The maximum absolute atomic E-state index is 12.6. The Balaban J connectivity index is 2.30. The van der Waals surface area contributed by atoms with Crippen LogP contribution in [0.4, 0.5) is 10.5 Å². The number of amides is 2. The number of carbonyl (C=O) groups excluding carboxylic acids is 1. The zero-order valence-electron chi connectivity index (χ0n) is 12.1. The number of hydrogen-bond donors (Lipinski definition) is 1. The van der Waals surface area contributed by atoms with Crippen LogP contribution >= 0.6 is 23.2 Å². The number of nitrogens with one attached hydrogen (secondary N) is 1. The average Bonchev–Trinajstić information content (AvgIpc) is 2.56. The number of urea groups is 1. The highest BCUT2D eigenvalue weighted by atomic mass is 35.5. The van der Waals surface area contributed by atoms with Gasteiger partial charge in [0.05, 0.1) is 15.7 Å². The number of rotatable bonds is 3. The van der Waals surface area contributed by atoms with Gasteiger partial charge < -0.3 is 4.90 Å². The molecule has 0 atom stereocenters. The number of halogens is 2. The molecule has 0 aliphatic carbocycles. The summed E-state index contributed by atoms with van der Waals surface area (Å²) < 4.78 is 0. The molecule has 0 spiro atoms. The SMILES string of the molecule is CC(C)CN1C(=O)N(c2ccc(Cl)c(Cl)c2)NC1(C)C. The lowest BCUT2D eigenvalue weighted by atomic mass is 10.1. The monoisotopic (exact) mass is 315 g/mol. The highest BCUT2D eigenvalue weighted by molar-refractivity contribution is 6.42. The van der Waals surface area contributed by atoms with Gasteiger partial charge in [-0.05, 0) is 38.0 Å². The van der Waals surface area contributed by atoms with E-state index in [1.807, 2.05) is 18.7 Å². The van der Waals surface area contributed by atoms with Gasteiger partial charge in [-0.1, -0.05) is 37.0 Å². The average molecular weight is 316 g/mol. The molecule has 1 saturated heterocycles. The number of anilines is 1. The Bertz CT molecular complexity index is 531. The van der Waals surface area contributed by atoms with E-state index in [0.717, 1.165) is 0 Å². The van der Waals surface area contributed by atoms with E-state index in [-0.39, 0.29) is 6.03 Å². The lowest BCUT2D eigenvalue weighted by Crippen LogP contribution is -2.48. The number of nitrogens with zero attached hydrogens (tertiary/aromatic N) is 2. The first-order valence-electron chi connectivity index (χ1n) is 6.57. The molecule has 1 fully saturated rings. The van der Waals surface area contributed by atoms with Crippen molar-refractivity contribution in [2.45, 2.75) is 33.4 Å². The molecule has 0 bridgehead atoms. The van der Waals surface area contributed by atoms with Crippen LogP contribution in [0.2, 0.25) is 10.0 Å². The van der Waals surface area contributed by atoms with Gasteiger partial charge in [-0.2, -0.15) is 0 Å². The first-order chi connectivity index (χ1) is 9.22. The Morgan fingerprint density at radius 3 is 2.45 bits per heavy atom. The summed E-state index contributed by atoms with van der Waals surface area (Å²) in [5.41, 5.74) is 3.45. The number of hydrogen-bond acceptors (Lipinski definition) is 2. The molecule has 2 rings (SSSR count). The van der Waals surface area contributed by atoms with Crippen molar-refractivity contribution in [2.24, 2.45) is 5.92 Å². The van der Waals surface area contributed by atoms with Crippen molar-refractivity contribution in [2.75, 3.05) is 11.6 Å². The Hall–Kier alpha value is -0.970. The van der Waals surface area contributed by atoms with Crippen LogP contribution in [-0.4, -0.2) is 23.1 Å². The fourth-order valence-corrected chi connectivity index (χ4v) is 2.50. The van der Waals surface area contributed by atoms with E-state index in [1.165, 1.54) is 5.01 Å². The maximum Gasteiger partial charge on any atom is 0.340 e. The molecular weight excluding hydrogens is 297 g/mol. The van der Waals surface area contributed by atoms with Gasteiger partial charge in [-0.3, -0.25) is 0 Å². The molecule has 1 aliphatic rings. The summed E-state index contributed by atoms with van der Waals surface area (Å²) in [7, 11) is 0. The molecule has 1 aromatic rings. The third-order valence-electron chi connectivity index (χ3n) is 3.19. The van der Waals surface area contributed by atoms with Crippen LogP contribution < -0.4 is 10.4 Å². The summed E-state index contributed by atoms with van der Waals surface area (Å²) in [5, 5.41) is 2.42. The largest absolute Gasteiger partial charge is 0.340 e. The Labute approximate surface area is 129 Å². The molecule has 1 aliphatic heterocycles. The van der Waals surface area contributed by atoms with Gasteiger partial charge in [-0.25, -0.2) is 15.2 Å². The lowest BCUT2D eigenvalue weighted by Gasteiger charge is -2.30. The molecule has 0 saturated carbocycles. The van der Waals surface area contributed by atoms with Crippen molar-refractivity contribution in [3.8, 4) is 0 Å². The summed E-state index contributed by atoms with van der Waals surface area (Å²) in [4.78, 5) is 14.4. The molecule has 20 heavy (non-hydrogen) atoms. The topological polar surface area (TPSA) is 35.6 Å². The Morgan fingerprint density at radius 2 is 1.90 bits per heavy atom. The first-order valence-corrected chi connectivity index (χ1v) is 7.32. The molecule has 2 amide bonds. The van der Waals surface area contributed by atoms with Crippen molar-refractivity contribution < 1.29 is 4.79 Å². The molecule has 0 unspecified atom stereocenters. The van der Waals surface area contributed by atoms with Crippen LogP contribution in [-0.2, 0) is 0 Å². The minimum atomic E-state index is -0.437. The molecular formula is C14H19Cl2N3O. The van der Waals surface area contributed by atoms with Gasteiger partial charge >= 0.3 is 6.03 Å². The standard InChI is InChI=1S/C14H19Cl2N3O/c1-9(2)8-18-13(20)19(17-14(18,3)4)10-5-6-11(15)12(16)7-10/h5-7,9,17H,8H2,1-4H3. The first kappa shape index (κ1) is 15.4.